The van der Waals surface area contributed by atoms with Crippen LogP contribution in [0.2, 0.25) is 0 Å². The van der Waals surface area contributed by atoms with Crippen molar-refractivity contribution in [3.8, 4) is 0 Å². The molecule has 1 aliphatic rings. The average Bonchev–Trinajstić information content (AvgIpc) is 2.19. The Kier molecular flexibility index (Phi) is 8.34. The van der Waals surface area contributed by atoms with Gasteiger partial charge in [-0.2, -0.15) is 0 Å². The van der Waals surface area contributed by atoms with Crippen LogP contribution in [0.3, 0.4) is 0 Å². The summed E-state index contributed by atoms with van der Waals surface area (Å²) in [6, 6.07) is 0. The van der Waals surface area contributed by atoms with Gasteiger partial charge in [-0.1, -0.05) is 27.7 Å². The Labute approximate surface area is 86.2 Å². The van der Waals surface area contributed by atoms with E-state index in [0.29, 0.717) is 12.8 Å². The first-order valence-corrected chi connectivity index (χ1v) is 5.15. The summed E-state index contributed by atoms with van der Waals surface area (Å²) >= 11 is 0. The van der Waals surface area contributed by atoms with E-state index in [2.05, 4.69) is 5.32 Å². The Bertz CT molecular complexity index is 189. The van der Waals surface area contributed by atoms with E-state index in [-0.39, 0.29) is 11.8 Å². The average molecular weight is 202 g/mol. The lowest BCUT2D eigenvalue weighted by molar-refractivity contribution is -0.137. The van der Waals surface area contributed by atoms with Crippen LogP contribution >= 0.6 is 0 Å². The van der Waals surface area contributed by atoms with Crippen LogP contribution < -0.4 is 11.1 Å². The molecule has 1 unspecified atom stereocenters. The molecule has 0 aliphatic carbocycles. The third-order valence-electron chi connectivity index (χ3n) is 1.64. The molecular formula is C10H22N2O2. The highest BCUT2D eigenvalue weighted by molar-refractivity contribution is 6.02. The van der Waals surface area contributed by atoms with Crippen molar-refractivity contribution in [2.24, 2.45) is 5.73 Å². The number of amides is 2. The third-order valence-corrected chi connectivity index (χ3v) is 1.64. The molecule has 1 heterocycles. The van der Waals surface area contributed by atoms with Gasteiger partial charge >= 0.3 is 0 Å². The molecule has 0 radical (unpaired) electrons. The van der Waals surface area contributed by atoms with E-state index < -0.39 is 5.54 Å². The Balaban J connectivity index is 0. The zero-order valence-corrected chi connectivity index (χ0v) is 9.81. The minimum Gasteiger partial charge on any atom is -0.318 e. The summed E-state index contributed by atoms with van der Waals surface area (Å²) in [6.07, 6.45) is 0.788. The van der Waals surface area contributed by atoms with E-state index in [9.17, 15) is 9.59 Å². The van der Waals surface area contributed by atoms with Gasteiger partial charge in [-0.15, -0.1) is 0 Å². The molecule has 1 atom stereocenters. The van der Waals surface area contributed by atoms with Crippen molar-refractivity contribution in [1.29, 1.82) is 0 Å². The highest BCUT2D eigenvalue weighted by atomic mass is 16.2. The number of imide groups is 1. The molecule has 4 heteroatoms. The minimum absolute atomic E-state index is 0.229. The lowest BCUT2D eigenvalue weighted by Crippen LogP contribution is -2.57. The summed E-state index contributed by atoms with van der Waals surface area (Å²) in [5.41, 5.74) is 4.67. The summed E-state index contributed by atoms with van der Waals surface area (Å²) < 4.78 is 0. The quantitative estimate of drug-likeness (QED) is 0.580. The van der Waals surface area contributed by atoms with Crippen molar-refractivity contribution in [1.82, 2.24) is 5.32 Å². The molecule has 0 aromatic rings. The first-order chi connectivity index (χ1) is 6.52. The molecule has 1 fully saturated rings. The molecule has 14 heavy (non-hydrogen) atoms. The van der Waals surface area contributed by atoms with Crippen LogP contribution in [0.15, 0.2) is 0 Å². The fraction of sp³-hybridized carbons (Fsp3) is 0.800. The molecule has 1 aliphatic heterocycles. The monoisotopic (exact) mass is 202 g/mol. The van der Waals surface area contributed by atoms with Gasteiger partial charge in [-0.3, -0.25) is 14.9 Å². The predicted molar refractivity (Wildman–Crippen MR) is 57.7 cm³/mol. The molecule has 0 bridgehead atoms. The summed E-state index contributed by atoms with van der Waals surface area (Å²) in [5.74, 6) is -0.600. The number of nitrogens with two attached hydrogens (primary N) is 1. The number of carbonyl (C=O) groups is 2. The molecule has 0 spiro atoms. The van der Waals surface area contributed by atoms with Gasteiger partial charge in [0.2, 0.25) is 11.8 Å². The van der Waals surface area contributed by atoms with Gasteiger partial charge in [-0.25, -0.2) is 0 Å². The second kappa shape index (κ2) is 7.50. The molecule has 0 aromatic heterocycles. The Morgan fingerprint density at radius 3 is 1.93 bits per heavy atom. The molecule has 3 N–H and O–H groups in total. The molecule has 1 saturated heterocycles. The third kappa shape index (κ3) is 4.97. The standard InChI is InChI=1S/C6H10N2O2.2C2H6/c1-6(7)3-2-4(9)8-5(6)10;2*1-2/h2-3,7H2,1H3,(H,8,9,10);2*1-2H3. The van der Waals surface area contributed by atoms with Crippen molar-refractivity contribution in [3.05, 3.63) is 0 Å². The molecule has 0 saturated carbocycles. The van der Waals surface area contributed by atoms with Gasteiger partial charge in [0.05, 0.1) is 5.54 Å². The van der Waals surface area contributed by atoms with Crippen molar-refractivity contribution in [2.45, 2.75) is 53.0 Å². The maximum Gasteiger partial charge on any atom is 0.246 e. The zero-order chi connectivity index (χ0) is 11.8. The van der Waals surface area contributed by atoms with Crippen LogP contribution in [0.25, 0.3) is 0 Å². The van der Waals surface area contributed by atoms with E-state index in [1.165, 1.54) is 0 Å². The van der Waals surface area contributed by atoms with Crippen LogP contribution in [0.5, 0.6) is 0 Å². The van der Waals surface area contributed by atoms with E-state index in [4.69, 9.17) is 5.73 Å². The second-order valence-electron chi connectivity index (χ2n) is 2.79. The van der Waals surface area contributed by atoms with Gasteiger partial charge in [-0.05, 0) is 13.3 Å². The second-order valence-corrected chi connectivity index (χ2v) is 2.79. The first-order valence-electron chi connectivity index (χ1n) is 5.15. The Hall–Kier alpha value is -0.900. The number of carbonyl (C=O) groups excluding carboxylic acids is 2. The molecule has 1 rings (SSSR count). The van der Waals surface area contributed by atoms with E-state index in [1.807, 2.05) is 27.7 Å². The van der Waals surface area contributed by atoms with E-state index >= 15 is 0 Å². The predicted octanol–water partition coefficient (Wildman–Crippen LogP) is 1.19. The highest BCUT2D eigenvalue weighted by Crippen LogP contribution is 2.12. The topological polar surface area (TPSA) is 72.2 Å². The van der Waals surface area contributed by atoms with Crippen LogP contribution in [-0.2, 0) is 9.59 Å². The fourth-order valence-corrected chi connectivity index (χ4v) is 0.819. The van der Waals surface area contributed by atoms with Crippen molar-refractivity contribution < 1.29 is 9.59 Å². The molecule has 84 valence electrons. The van der Waals surface area contributed by atoms with Gasteiger partial charge in [0.15, 0.2) is 0 Å². The minimum atomic E-state index is -0.853. The van der Waals surface area contributed by atoms with Gasteiger partial charge in [0.1, 0.15) is 0 Å². The summed E-state index contributed by atoms with van der Waals surface area (Å²) in [4.78, 5) is 21.4. The summed E-state index contributed by atoms with van der Waals surface area (Å²) in [6.45, 7) is 9.62. The lowest BCUT2D eigenvalue weighted by atomic mass is 9.93. The lowest BCUT2D eigenvalue weighted by Gasteiger charge is -2.26. The maximum atomic E-state index is 10.9. The van der Waals surface area contributed by atoms with Gasteiger partial charge in [0, 0.05) is 6.42 Å². The number of rotatable bonds is 0. The van der Waals surface area contributed by atoms with Crippen LogP contribution in [0, 0.1) is 0 Å². The number of nitrogens with one attached hydrogen (secondary N) is 1. The largest absolute Gasteiger partial charge is 0.318 e. The number of piperidine rings is 1. The summed E-state index contributed by atoms with van der Waals surface area (Å²) in [5, 5.41) is 2.17. The van der Waals surface area contributed by atoms with E-state index in [0.717, 1.165) is 0 Å². The van der Waals surface area contributed by atoms with Gasteiger partial charge < -0.3 is 5.73 Å². The molecule has 4 nitrogen and oxygen atoms in total. The number of hydrogen-bond acceptors (Lipinski definition) is 3. The maximum absolute atomic E-state index is 10.9. The smallest absolute Gasteiger partial charge is 0.246 e. The normalized spacial score (nSPS) is 25.0. The zero-order valence-electron chi connectivity index (χ0n) is 9.81. The highest BCUT2D eigenvalue weighted by Gasteiger charge is 2.34. The van der Waals surface area contributed by atoms with Crippen LogP contribution in [-0.4, -0.2) is 17.4 Å². The SMILES string of the molecule is CC.CC.CC1(N)CCC(=O)NC1=O. The molecular weight excluding hydrogens is 180 g/mol. The Morgan fingerprint density at radius 2 is 1.64 bits per heavy atom. The van der Waals surface area contributed by atoms with Crippen molar-refractivity contribution in [2.75, 3.05) is 0 Å². The first kappa shape index (κ1) is 15.6. The number of hydrogen-bond donors (Lipinski definition) is 2. The van der Waals surface area contributed by atoms with Crippen LogP contribution in [0.1, 0.15) is 47.5 Å². The van der Waals surface area contributed by atoms with Gasteiger partial charge in [0.25, 0.3) is 0 Å². The molecule has 2 amide bonds. The fourth-order valence-electron chi connectivity index (χ4n) is 0.819. The summed E-state index contributed by atoms with van der Waals surface area (Å²) in [7, 11) is 0. The van der Waals surface area contributed by atoms with Crippen molar-refractivity contribution in [3.63, 3.8) is 0 Å². The van der Waals surface area contributed by atoms with Crippen LogP contribution in [0.4, 0.5) is 0 Å². The Morgan fingerprint density at radius 1 is 1.21 bits per heavy atom. The molecule has 0 aromatic carbocycles. The van der Waals surface area contributed by atoms with Crippen molar-refractivity contribution >= 4 is 11.8 Å². The van der Waals surface area contributed by atoms with E-state index in [1.54, 1.807) is 6.92 Å².